The van der Waals surface area contributed by atoms with Crippen molar-refractivity contribution in [3.05, 3.63) is 17.8 Å². The number of nitrogens with zero attached hydrogens (tertiary/aromatic N) is 2. The van der Waals surface area contributed by atoms with E-state index in [2.05, 4.69) is 10.3 Å². The highest BCUT2D eigenvalue weighted by Gasteiger charge is 2.18. The van der Waals surface area contributed by atoms with Crippen LogP contribution < -0.4 is 16.0 Å². The molecule has 1 amide bonds. The third kappa shape index (κ3) is 2.50. The van der Waals surface area contributed by atoms with Gasteiger partial charge in [0.2, 0.25) is 5.91 Å². The van der Waals surface area contributed by atoms with Gasteiger partial charge in [0.1, 0.15) is 0 Å². The fraction of sp³-hybridized carbons (Fsp3) is 0.364. The highest BCUT2D eigenvalue weighted by atomic mass is 16.4. The molecule has 1 aromatic heterocycles. The maximum absolute atomic E-state index is 11.2. The van der Waals surface area contributed by atoms with Crippen LogP contribution in [0.25, 0.3) is 0 Å². The Morgan fingerprint density at radius 3 is 2.94 bits per heavy atom. The number of carboxylic acid groups (broad SMARTS) is 1. The highest BCUT2D eigenvalue weighted by molar-refractivity contribution is 5.87. The van der Waals surface area contributed by atoms with E-state index < -0.39 is 5.97 Å². The lowest BCUT2D eigenvalue weighted by Gasteiger charge is -2.22. The van der Waals surface area contributed by atoms with E-state index in [9.17, 15) is 9.59 Å². The average Bonchev–Trinajstić information content (AvgIpc) is 2.54. The molecule has 2 rings (SSSR count). The predicted octanol–water partition coefficient (Wildman–Crippen LogP) is -0.312. The number of aromatic nitrogens is 1. The Balaban J connectivity index is 2.28. The number of nitrogens with one attached hydrogen (secondary N) is 1. The second-order valence-corrected chi connectivity index (χ2v) is 4.00. The first-order valence-corrected chi connectivity index (χ1v) is 5.59. The van der Waals surface area contributed by atoms with Gasteiger partial charge in [-0.15, -0.1) is 0 Å². The van der Waals surface area contributed by atoms with Crippen LogP contribution in [0, 0.1) is 0 Å². The summed E-state index contributed by atoms with van der Waals surface area (Å²) in [5.41, 5.74) is 6.16. The van der Waals surface area contributed by atoms with E-state index in [-0.39, 0.29) is 11.6 Å². The number of hydrogen-bond donors (Lipinski definition) is 3. The number of pyridine rings is 1. The Labute approximate surface area is 104 Å². The number of nitrogen functional groups attached to an aromatic ring is 1. The van der Waals surface area contributed by atoms with E-state index in [1.54, 1.807) is 0 Å². The fourth-order valence-corrected chi connectivity index (χ4v) is 1.81. The van der Waals surface area contributed by atoms with Crippen LogP contribution in [0.15, 0.2) is 12.1 Å². The van der Waals surface area contributed by atoms with Crippen LogP contribution in [-0.4, -0.2) is 41.6 Å². The maximum atomic E-state index is 11.2. The molecule has 0 aromatic carbocycles. The van der Waals surface area contributed by atoms with Crippen LogP contribution in [0.5, 0.6) is 0 Å². The Morgan fingerprint density at radius 1 is 1.44 bits per heavy atom. The van der Waals surface area contributed by atoms with E-state index in [4.69, 9.17) is 10.8 Å². The van der Waals surface area contributed by atoms with Crippen molar-refractivity contribution in [2.75, 3.05) is 30.3 Å². The first-order valence-electron chi connectivity index (χ1n) is 5.59. The van der Waals surface area contributed by atoms with Gasteiger partial charge >= 0.3 is 5.97 Å². The van der Waals surface area contributed by atoms with Crippen LogP contribution in [-0.2, 0) is 4.79 Å². The lowest BCUT2D eigenvalue weighted by Crippen LogP contribution is -2.30. The quantitative estimate of drug-likeness (QED) is 0.664. The summed E-state index contributed by atoms with van der Waals surface area (Å²) < 4.78 is 0. The molecule has 1 aliphatic rings. The standard InChI is InChI=1S/C11H14N4O3/c12-7-1-2-8(11(17)18)14-10(7)15-5-3-9(16)13-4-6-15/h1-2H,3-6,12H2,(H,13,16)(H,17,18). The molecule has 0 radical (unpaired) electrons. The minimum Gasteiger partial charge on any atom is -0.477 e. The van der Waals surface area contributed by atoms with Crippen LogP contribution >= 0.6 is 0 Å². The smallest absolute Gasteiger partial charge is 0.354 e. The monoisotopic (exact) mass is 250 g/mol. The first-order chi connectivity index (χ1) is 8.58. The zero-order chi connectivity index (χ0) is 13.1. The van der Waals surface area contributed by atoms with Crippen molar-refractivity contribution in [3.63, 3.8) is 0 Å². The molecule has 7 nitrogen and oxygen atoms in total. The maximum Gasteiger partial charge on any atom is 0.354 e. The number of carbonyl (C=O) groups is 2. The van der Waals surface area contributed by atoms with Crippen LogP contribution in [0.3, 0.4) is 0 Å². The minimum absolute atomic E-state index is 0.0227. The van der Waals surface area contributed by atoms with E-state index in [1.165, 1.54) is 12.1 Å². The average molecular weight is 250 g/mol. The topological polar surface area (TPSA) is 109 Å². The van der Waals surface area contributed by atoms with Gasteiger partial charge in [0.15, 0.2) is 11.5 Å². The van der Waals surface area contributed by atoms with Crippen molar-refractivity contribution < 1.29 is 14.7 Å². The van der Waals surface area contributed by atoms with Gasteiger partial charge in [-0.05, 0) is 12.1 Å². The molecule has 7 heteroatoms. The highest BCUT2D eigenvalue weighted by Crippen LogP contribution is 2.21. The Morgan fingerprint density at radius 2 is 2.22 bits per heavy atom. The summed E-state index contributed by atoms with van der Waals surface area (Å²) in [6.07, 6.45) is 0.346. The third-order valence-electron chi connectivity index (χ3n) is 2.74. The lowest BCUT2D eigenvalue weighted by molar-refractivity contribution is -0.120. The molecular formula is C11H14N4O3. The largest absolute Gasteiger partial charge is 0.477 e. The van der Waals surface area contributed by atoms with Crippen molar-refractivity contribution in [2.24, 2.45) is 0 Å². The minimum atomic E-state index is -1.10. The summed E-state index contributed by atoms with van der Waals surface area (Å²) in [6, 6.07) is 2.88. The molecule has 4 N–H and O–H groups in total. The van der Waals surface area contributed by atoms with Gasteiger partial charge in [0.05, 0.1) is 5.69 Å². The van der Waals surface area contributed by atoms with E-state index in [1.807, 2.05) is 4.90 Å². The number of anilines is 2. The number of carbonyl (C=O) groups excluding carboxylic acids is 1. The van der Waals surface area contributed by atoms with Crippen molar-refractivity contribution in [1.82, 2.24) is 10.3 Å². The van der Waals surface area contributed by atoms with Crippen molar-refractivity contribution in [3.8, 4) is 0 Å². The Kier molecular flexibility index (Phi) is 3.31. The Hall–Kier alpha value is -2.31. The number of nitrogens with two attached hydrogens (primary N) is 1. The molecule has 1 saturated heterocycles. The predicted molar refractivity (Wildman–Crippen MR) is 65.4 cm³/mol. The number of amides is 1. The van der Waals surface area contributed by atoms with Crippen molar-refractivity contribution in [2.45, 2.75) is 6.42 Å². The third-order valence-corrected chi connectivity index (χ3v) is 2.74. The zero-order valence-electron chi connectivity index (χ0n) is 9.72. The molecule has 1 aromatic rings. The molecule has 2 heterocycles. The summed E-state index contributed by atoms with van der Waals surface area (Å²) in [5.74, 6) is -0.697. The molecule has 0 saturated carbocycles. The van der Waals surface area contributed by atoms with Gasteiger partial charge in [-0.25, -0.2) is 9.78 Å². The second-order valence-electron chi connectivity index (χ2n) is 4.00. The molecule has 18 heavy (non-hydrogen) atoms. The zero-order valence-corrected chi connectivity index (χ0v) is 9.72. The van der Waals surface area contributed by atoms with Gasteiger partial charge in [0, 0.05) is 26.1 Å². The number of carboxylic acids is 1. The van der Waals surface area contributed by atoms with E-state index in [0.717, 1.165) is 0 Å². The van der Waals surface area contributed by atoms with Crippen molar-refractivity contribution in [1.29, 1.82) is 0 Å². The molecule has 0 atom stereocenters. The first kappa shape index (κ1) is 12.2. The SMILES string of the molecule is Nc1ccc(C(=O)O)nc1N1CCNC(=O)CC1. The normalized spacial score (nSPS) is 16.0. The lowest BCUT2D eigenvalue weighted by atomic mass is 10.3. The van der Waals surface area contributed by atoms with E-state index in [0.29, 0.717) is 37.6 Å². The van der Waals surface area contributed by atoms with Gasteiger partial charge in [-0.2, -0.15) is 0 Å². The fourth-order valence-electron chi connectivity index (χ4n) is 1.81. The van der Waals surface area contributed by atoms with E-state index >= 15 is 0 Å². The second kappa shape index (κ2) is 4.91. The molecule has 1 aliphatic heterocycles. The van der Waals surface area contributed by atoms with Gasteiger partial charge in [-0.1, -0.05) is 0 Å². The molecule has 0 aliphatic carbocycles. The molecule has 1 fully saturated rings. The molecular weight excluding hydrogens is 236 g/mol. The summed E-state index contributed by atoms with van der Waals surface area (Å²) in [4.78, 5) is 28.0. The number of aromatic carboxylic acids is 1. The Bertz CT molecular complexity index is 489. The summed E-state index contributed by atoms with van der Waals surface area (Å²) in [5, 5.41) is 11.6. The summed E-state index contributed by atoms with van der Waals surface area (Å²) in [7, 11) is 0. The molecule has 0 unspecified atom stereocenters. The van der Waals surface area contributed by atoms with Gasteiger partial charge < -0.3 is 21.1 Å². The van der Waals surface area contributed by atoms with Crippen LogP contribution in [0.2, 0.25) is 0 Å². The van der Waals surface area contributed by atoms with Crippen LogP contribution in [0.1, 0.15) is 16.9 Å². The molecule has 96 valence electrons. The van der Waals surface area contributed by atoms with Crippen molar-refractivity contribution >= 4 is 23.4 Å². The number of rotatable bonds is 2. The molecule has 0 bridgehead atoms. The number of hydrogen-bond acceptors (Lipinski definition) is 5. The molecule has 0 spiro atoms. The summed E-state index contributed by atoms with van der Waals surface area (Å²) >= 11 is 0. The van der Waals surface area contributed by atoms with Gasteiger partial charge in [-0.3, -0.25) is 4.79 Å². The van der Waals surface area contributed by atoms with Crippen LogP contribution in [0.4, 0.5) is 11.5 Å². The van der Waals surface area contributed by atoms with Gasteiger partial charge in [0.25, 0.3) is 0 Å². The summed E-state index contributed by atoms with van der Waals surface area (Å²) in [6.45, 7) is 1.54.